The Morgan fingerprint density at radius 2 is 2.07 bits per heavy atom. The predicted molar refractivity (Wildman–Crippen MR) is 65.5 cm³/mol. The second-order valence-corrected chi connectivity index (χ2v) is 5.40. The number of nitrogens with zero attached hydrogens (tertiary/aromatic N) is 2. The third-order valence-corrected chi connectivity index (χ3v) is 4.28. The highest BCUT2D eigenvalue weighted by atomic mass is 79.9. The molecule has 2 unspecified atom stereocenters. The minimum absolute atomic E-state index is 0.210. The molecule has 2 aliphatic heterocycles. The molecule has 2 atom stereocenters. The number of aliphatic hydroxyl groups is 1. The zero-order valence-electron chi connectivity index (χ0n) is 9.24. The van der Waals surface area contributed by atoms with E-state index in [1.54, 1.807) is 0 Å². The van der Waals surface area contributed by atoms with Gasteiger partial charge in [0.25, 0.3) is 0 Å². The van der Waals surface area contributed by atoms with Gasteiger partial charge in [-0.15, -0.1) is 0 Å². The average Bonchev–Trinajstić information content (AvgIpc) is 2.58. The number of alkyl halides is 1. The van der Waals surface area contributed by atoms with E-state index in [1.165, 1.54) is 32.4 Å². The van der Waals surface area contributed by atoms with Crippen LogP contribution in [0.2, 0.25) is 0 Å². The third kappa shape index (κ3) is 3.16. The second kappa shape index (κ2) is 5.62. The first-order valence-corrected chi connectivity index (χ1v) is 7.12. The van der Waals surface area contributed by atoms with Gasteiger partial charge < -0.3 is 5.11 Å². The Balaban J connectivity index is 1.85. The molecule has 0 aliphatic carbocycles. The standard InChI is InChI=1S/C11H21BrN2O/c12-7-11(15)9-13-4-2-6-14-5-1-3-10(14)8-13/h10-11,15H,1-9H2. The summed E-state index contributed by atoms with van der Waals surface area (Å²) in [6, 6.07) is 0.759. The molecular weight excluding hydrogens is 256 g/mol. The van der Waals surface area contributed by atoms with Crippen LogP contribution < -0.4 is 0 Å². The molecule has 4 heteroatoms. The van der Waals surface area contributed by atoms with Gasteiger partial charge in [0.05, 0.1) is 6.10 Å². The van der Waals surface area contributed by atoms with Crippen molar-refractivity contribution in [2.75, 3.05) is 38.1 Å². The summed E-state index contributed by atoms with van der Waals surface area (Å²) in [6.45, 7) is 5.68. The van der Waals surface area contributed by atoms with Crippen LogP contribution in [0.25, 0.3) is 0 Å². The van der Waals surface area contributed by atoms with Crippen molar-refractivity contribution in [3.05, 3.63) is 0 Å². The molecule has 0 saturated carbocycles. The van der Waals surface area contributed by atoms with Crippen LogP contribution in [0.1, 0.15) is 19.3 Å². The van der Waals surface area contributed by atoms with Crippen molar-refractivity contribution in [1.29, 1.82) is 0 Å². The van der Waals surface area contributed by atoms with Gasteiger partial charge in [-0.1, -0.05) is 15.9 Å². The molecule has 0 radical (unpaired) electrons. The molecule has 1 N–H and O–H groups in total. The van der Waals surface area contributed by atoms with Gasteiger partial charge in [-0.05, 0) is 38.9 Å². The Labute approximate surface area is 101 Å². The van der Waals surface area contributed by atoms with E-state index < -0.39 is 0 Å². The highest BCUT2D eigenvalue weighted by Crippen LogP contribution is 2.21. The van der Waals surface area contributed by atoms with Crippen molar-refractivity contribution >= 4 is 15.9 Å². The fourth-order valence-corrected chi connectivity index (χ4v) is 3.00. The number of rotatable bonds is 3. The number of hydrogen-bond donors (Lipinski definition) is 1. The summed E-state index contributed by atoms with van der Waals surface area (Å²) in [5.74, 6) is 0. The van der Waals surface area contributed by atoms with Crippen LogP contribution in [0.3, 0.4) is 0 Å². The normalized spacial score (nSPS) is 31.2. The maximum Gasteiger partial charge on any atom is 0.0763 e. The summed E-state index contributed by atoms with van der Waals surface area (Å²) in [5.41, 5.74) is 0. The van der Waals surface area contributed by atoms with Crippen molar-refractivity contribution in [3.8, 4) is 0 Å². The Kier molecular flexibility index (Phi) is 4.43. The first-order valence-electron chi connectivity index (χ1n) is 6.00. The molecule has 2 fully saturated rings. The lowest BCUT2D eigenvalue weighted by molar-refractivity contribution is 0.124. The fourth-order valence-electron chi connectivity index (χ4n) is 2.80. The van der Waals surface area contributed by atoms with Crippen molar-refractivity contribution in [3.63, 3.8) is 0 Å². The van der Waals surface area contributed by atoms with Crippen molar-refractivity contribution in [1.82, 2.24) is 9.80 Å². The molecule has 0 aromatic carbocycles. The van der Waals surface area contributed by atoms with Crippen molar-refractivity contribution < 1.29 is 5.11 Å². The Bertz CT molecular complexity index is 203. The molecule has 15 heavy (non-hydrogen) atoms. The molecule has 0 bridgehead atoms. The van der Waals surface area contributed by atoms with E-state index in [9.17, 15) is 5.11 Å². The number of β-amino-alcohol motifs (C(OH)–C–C–N with tert-alkyl or cyclic N) is 1. The second-order valence-electron chi connectivity index (χ2n) is 4.75. The number of aliphatic hydroxyl groups excluding tert-OH is 1. The minimum atomic E-state index is -0.210. The van der Waals surface area contributed by atoms with Gasteiger partial charge in [0, 0.05) is 24.5 Å². The largest absolute Gasteiger partial charge is 0.391 e. The number of fused-ring (bicyclic) bond motifs is 1. The van der Waals surface area contributed by atoms with E-state index in [-0.39, 0.29) is 6.10 Å². The maximum atomic E-state index is 9.64. The average molecular weight is 277 g/mol. The summed E-state index contributed by atoms with van der Waals surface area (Å²) in [5, 5.41) is 10.3. The molecular formula is C11H21BrN2O. The number of hydrogen-bond acceptors (Lipinski definition) is 3. The monoisotopic (exact) mass is 276 g/mol. The quantitative estimate of drug-likeness (QED) is 0.777. The van der Waals surface area contributed by atoms with Gasteiger partial charge in [0.2, 0.25) is 0 Å². The van der Waals surface area contributed by atoms with Crippen LogP contribution in [0, 0.1) is 0 Å². The molecule has 88 valence electrons. The molecule has 0 amide bonds. The van der Waals surface area contributed by atoms with Crippen LogP contribution >= 0.6 is 15.9 Å². The molecule has 2 aliphatic rings. The highest BCUT2D eigenvalue weighted by molar-refractivity contribution is 9.09. The van der Waals surface area contributed by atoms with Gasteiger partial charge in [0.15, 0.2) is 0 Å². The Morgan fingerprint density at radius 1 is 1.27 bits per heavy atom. The molecule has 0 aromatic rings. The van der Waals surface area contributed by atoms with E-state index in [0.29, 0.717) is 5.33 Å². The third-order valence-electron chi connectivity index (χ3n) is 3.53. The number of halogens is 1. The summed E-state index contributed by atoms with van der Waals surface area (Å²) < 4.78 is 0. The summed E-state index contributed by atoms with van der Waals surface area (Å²) in [4.78, 5) is 5.06. The highest BCUT2D eigenvalue weighted by Gasteiger charge is 2.28. The first-order chi connectivity index (χ1) is 7.29. The van der Waals surface area contributed by atoms with E-state index in [0.717, 1.165) is 25.7 Å². The topological polar surface area (TPSA) is 26.7 Å². The summed E-state index contributed by atoms with van der Waals surface area (Å²) >= 11 is 3.33. The van der Waals surface area contributed by atoms with Crippen LogP contribution in [0.5, 0.6) is 0 Å². The van der Waals surface area contributed by atoms with Crippen LogP contribution in [-0.2, 0) is 0 Å². The first kappa shape index (κ1) is 11.8. The molecule has 0 spiro atoms. The zero-order chi connectivity index (χ0) is 10.7. The van der Waals surface area contributed by atoms with Crippen LogP contribution in [-0.4, -0.2) is 65.1 Å². The van der Waals surface area contributed by atoms with Gasteiger partial charge >= 0.3 is 0 Å². The van der Waals surface area contributed by atoms with Crippen molar-refractivity contribution in [2.45, 2.75) is 31.4 Å². The SMILES string of the molecule is OC(CBr)CN1CCCN2CCCC2C1. The lowest BCUT2D eigenvalue weighted by Gasteiger charge is -2.26. The summed E-state index contributed by atoms with van der Waals surface area (Å²) in [6.07, 6.45) is 3.75. The molecule has 2 saturated heterocycles. The van der Waals surface area contributed by atoms with E-state index in [2.05, 4.69) is 25.7 Å². The predicted octanol–water partition coefficient (Wildman–Crippen LogP) is 0.912. The molecule has 0 aromatic heterocycles. The van der Waals surface area contributed by atoms with E-state index in [4.69, 9.17) is 0 Å². The van der Waals surface area contributed by atoms with Crippen LogP contribution in [0.15, 0.2) is 0 Å². The van der Waals surface area contributed by atoms with Crippen LogP contribution in [0.4, 0.5) is 0 Å². The Morgan fingerprint density at radius 3 is 2.87 bits per heavy atom. The fraction of sp³-hybridized carbons (Fsp3) is 1.00. The molecule has 3 nitrogen and oxygen atoms in total. The summed E-state index contributed by atoms with van der Waals surface area (Å²) in [7, 11) is 0. The minimum Gasteiger partial charge on any atom is -0.391 e. The van der Waals surface area contributed by atoms with Gasteiger partial charge in [-0.3, -0.25) is 9.80 Å². The smallest absolute Gasteiger partial charge is 0.0763 e. The van der Waals surface area contributed by atoms with Gasteiger partial charge in [-0.2, -0.15) is 0 Å². The van der Waals surface area contributed by atoms with Gasteiger partial charge in [0.1, 0.15) is 0 Å². The van der Waals surface area contributed by atoms with Crippen molar-refractivity contribution in [2.24, 2.45) is 0 Å². The zero-order valence-corrected chi connectivity index (χ0v) is 10.8. The van der Waals surface area contributed by atoms with E-state index >= 15 is 0 Å². The lowest BCUT2D eigenvalue weighted by Crippen LogP contribution is -2.40. The maximum absolute atomic E-state index is 9.64. The van der Waals surface area contributed by atoms with E-state index in [1.807, 2.05) is 0 Å². The Hall–Kier alpha value is 0.360. The molecule has 2 rings (SSSR count). The van der Waals surface area contributed by atoms with Gasteiger partial charge in [-0.25, -0.2) is 0 Å². The lowest BCUT2D eigenvalue weighted by atomic mass is 10.2. The molecule has 2 heterocycles.